The van der Waals surface area contributed by atoms with Gasteiger partial charge >= 0.3 is 0 Å². The first-order valence-corrected chi connectivity index (χ1v) is 10.4. The SMILES string of the molecule is C[C@H]1Oc2ccccc2O[C@@H]1C(=O)Nc1ccc(-c2nnc3n2CCCCC3)cc1. The lowest BCUT2D eigenvalue weighted by atomic mass is 10.1. The van der Waals surface area contributed by atoms with Gasteiger partial charge in [-0.3, -0.25) is 4.79 Å². The van der Waals surface area contributed by atoms with Crippen LogP contribution < -0.4 is 14.8 Å². The summed E-state index contributed by atoms with van der Waals surface area (Å²) >= 11 is 0. The number of amides is 1. The summed E-state index contributed by atoms with van der Waals surface area (Å²) in [6.07, 6.45) is 3.42. The van der Waals surface area contributed by atoms with Gasteiger partial charge in [-0.05, 0) is 56.2 Å². The zero-order chi connectivity index (χ0) is 20.5. The maximum absolute atomic E-state index is 12.8. The second kappa shape index (κ2) is 7.82. The number of anilines is 1. The van der Waals surface area contributed by atoms with E-state index in [0.717, 1.165) is 36.6 Å². The van der Waals surface area contributed by atoms with Crippen LogP contribution in [0.25, 0.3) is 11.4 Å². The molecule has 1 N–H and O–H groups in total. The van der Waals surface area contributed by atoms with Crippen molar-refractivity contribution >= 4 is 11.6 Å². The number of nitrogens with zero attached hydrogens (tertiary/aromatic N) is 3. The first kappa shape index (κ1) is 18.7. The zero-order valence-corrected chi connectivity index (χ0v) is 16.9. The van der Waals surface area contributed by atoms with Crippen LogP contribution in [-0.2, 0) is 17.8 Å². The fraction of sp³-hybridized carbons (Fsp3) is 0.348. The molecule has 7 heteroatoms. The molecule has 2 atom stereocenters. The van der Waals surface area contributed by atoms with Crippen LogP contribution >= 0.6 is 0 Å². The highest BCUT2D eigenvalue weighted by Gasteiger charge is 2.34. The third-order valence-electron chi connectivity index (χ3n) is 5.62. The monoisotopic (exact) mass is 404 g/mol. The molecule has 5 rings (SSSR count). The van der Waals surface area contributed by atoms with E-state index in [0.29, 0.717) is 17.2 Å². The van der Waals surface area contributed by atoms with Gasteiger partial charge in [0.2, 0.25) is 6.10 Å². The number of ether oxygens (including phenoxy) is 2. The molecule has 2 aliphatic heterocycles. The normalized spacial score (nSPS) is 20.2. The number of rotatable bonds is 3. The van der Waals surface area contributed by atoms with Gasteiger partial charge in [0.1, 0.15) is 11.9 Å². The number of carbonyl (C=O) groups excluding carboxylic acids is 1. The highest BCUT2D eigenvalue weighted by Crippen LogP contribution is 2.33. The van der Waals surface area contributed by atoms with Crippen LogP contribution in [0.1, 0.15) is 32.0 Å². The van der Waals surface area contributed by atoms with Crippen molar-refractivity contribution in [1.82, 2.24) is 14.8 Å². The first-order chi connectivity index (χ1) is 14.7. The Kier molecular flexibility index (Phi) is 4.86. The lowest BCUT2D eigenvalue weighted by molar-refractivity contribution is -0.128. The highest BCUT2D eigenvalue weighted by atomic mass is 16.6. The lowest BCUT2D eigenvalue weighted by Gasteiger charge is -2.31. The number of nitrogens with one attached hydrogen (secondary N) is 1. The van der Waals surface area contributed by atoms with Crippen LogP contribution in [0.3, 0.4) is 0 Å². The van der Waals surface area contributed by atoms with Crippen molar-refractivity contribution in [1.29, 1.82) is 0 Å². The molecule has 0 unspecified atom stereocenters. The maximum atomic E-state index is 12.8. The smallest absolute Gasteiger partial charge is 0.269 e. The molecular weight excluding hydrogens is 380 g/mol. The Morgan fingerprint density at radius 3 is 2.57 bits per heavy atom. The van der Waals surface area contributed by atoms with Gasteiger partial charge in [-0.1, -0.05) is 18.6 Å². The summed E-state index contributed by atoms with van der Waals surface area (Å²) in [7, 11) is 0. The van der Waals surface area contributed by atoms with E-state index in [1.165, 1.54) is 12.8 Å². The number of hydrogen-bond acceptors (Lipinski definition) is 5. The van der Waals surface area contributed by atoms with E-state index in [-0.39, 0.29) is 12.0 Å². The average molecular weight is 404 g/mol. The van der Waals surface area contributed by atoms with Crippen molar-refractivity contribution in [2.75, 3.05) is 5.32 Å². The minimum Gasteiger partial charge on any atom is -0.482 e. The molecular formula is C23H24N4O3. The summed E-state index contributed by atoms with van der Waals surface area (Å²) in [5.74, 6) is 2.95. The molecule has 30 heavy (non-hydrogen) atoms. The minimum atomic E-state index is -0.716. The van der Waals surface area contributed by atoms with Gasteiger partial charge in [0.15, 0.2) is 17.3 Å². The van der Waals surface area contributed by atoms with Gasteiger partial charge in [-0.2, -0.15) is 0 Å². The third-order valence-corrected chi connectivity index (χ3v) is 5.62. The topological polar surface area (TPSA) is 78.3 Å². The second-order valence-electron chi connectivity index (χ2n) is 7.78. The number of para-hydroxylation sites is 2. The standard InChI is InChI=1S/C23H24N4O3/c1-15-21(30-19-8-5-4-7-18(19)29-15)23(28)24-17-12-10-16(11-13-17)22-26-25-20-9-3-2-6-14-27(20)22/h4-5,7-8,10-13,15,21H,2-3,6,9,14H2,1H3,(H,24,28)/t15-,21+/m1/s1. The van der Waals surface area contributed by atoms with Crippen molar-refractivity contribution < 1.29 is 14.3 Å². The van der Waals surface area contributed by atoms with Crippen molar-refractivity contribution in [3.05, 3.63) is 54.4 Å². The van der Waals surface area contributed by atoms with Crippen LogP contribution in [0.2, 0.25) is 0 Å². The molecule has 0 aliphatic carbocycles. The summed E-state index contributed by atoms with van der Waals surface area (Å²) in [4.78, 5) is 12.8. The van der Waals surface area contributed by atoms with Gasteiger partial charge in [0.05, 0.1) is 0 Å². The first-order valence-electron chi connectivity index (χ1n) is 10.4. The van der Waals surface area contributed by atoms with E-state index in [1.807, 2.05) is 49.4 Å². The summed E-state index contributed by atoms with van der Waals surface area (Å²) < 4.78 is 13.9. The van der Waals surface area contributed by atoms with Crippen LogP contribution in [0.4, 0.5) is 5.69 Å². The molecule has 0 fully saturated rings. The number of carbonyl (C=O) groups is 1. The van der Waals surface area contributed by atoms with Gasteiger partial charge in [-0.15, -0.1) is 10.2 Å². The molecule has 1 aromatic heterocycles. The van der Waals surface area contributed by atoms with E-state index in [9.17, 15) is 4.79 Å². The summed E-state index contributed by atoms with van der Waals surface area (Å²) in [6.45, 7) is 2.79. The summed E-state index contributed by atoms with van der Waals surface area (Å²) in [5, 5.41) is 11.7. The fourth-order valence-electron chi connectivity index (χ4n) is 4.02. The number of aryl methyl sites for hydroxylation is 1. The maximum Gasteiger partial charge on any atom is 0.269 e. The molecule has 3 aromatic rings. The number of fused-ring (bicyclic) bond motifs is 2. The van der Waals surface area contributed by atoms with Gasteiger partial charge in [0, 0.05) is 24.2 Å². The Morgan fingerprint density at radius 1 is 1.00 bits per heavy atom. The Balaban J connectivity index is 1.30. The van der Waals surface area contributed by atoms with Crippen LogP contribution in [0, 0.1) is 0 Å². The van der Waals surface area contributed by atoms with E-state index >= 15 is 0 Å². The van der Waals surface area contributed by atoms with Crippen molar-refractivity contribution in [3.63, 3.8) is 0 Å². The largest absolute Gasteiger partial charge is 0.482 e. The molecule has 0 spiro atoms. The lowest BCUT2D eigenvalue weighted by Crippen LogP contribution is -2.46. The van der Waals surface area contributed by atoms with Crippen molar-refractivity contribution in [3.8, 4) is 22.9 Å². The second-order valence-corrected chi connectivity index (χ2v) is 7.78. The van der Waals surface area contributed by atoms with Gasteiger partial charge < -0.3 is 19.4 Å². The molecule has 1 amide bonds. The minimum absolute atomic E-state index is 0.235. The van der Waals surface area contributed by atoms with E-state index < -0.39 is 6.10 Å². The quantitative estimate of drug-likeness (QED) is 0.718. The van der Waals surface area contributed by atoms with Crippen LogP contribution in [-0.4, -0.2) is 32.9 Å². The average Bonchev–Trinajstić information content (AvgIpc) is 3.01. The van der Waals surface area contributed by atoms with Crippen LogP contribution in [0.5, 0.6) is 11.5 Å². The molecule has 3 heterocycles. The predicted octanol–water partition coefficient (Wildman–Crippen LogP) is 3.84. The van der Waals surface area contributed by atoms with E-state index in [1.54, 1.807) is 6.07 Å². The Labute approximate surface area is 175 Å². The highest BCUT2D eigenvalue weighted by molar-refractivity contribution is 5.95. The van der Waals surface area contributed by atoms with Gasteiger partial charge in [-0.25, -0.2) is 0 Å². The van der Waals surface area contributed by atoms with E-state index in [4.69, 9.17) is 9.47 Å². The molecule has 0 radical (unpaired) electrons. The summed E-state index contributed by atoms with van der Waals surface area (Å²) in [5.41, 5.74) is 1.70. The Morgan fingerprint density at radius 2 is 1.77 bits per heavy atom. The Bertz CT molecular complexity index is 1060. The number of hydrogen-bond donors (Lipinski definition) is 1. The predicted molar refractivity (Wildman–Crippen MR) is 113 cm³/mol. The molecule has 2 aromatic carbocycles. The molecule has 0 saturated carbocycles. The molecule has 2 aliphatic rings. The van der Waals surface area contributed by atoms with Crippen molar-refractivity contribution in [2.45, 2.75) is 51.4 Å². The summed E-state index contributed by atoms with van der Waals surface area (Å²) in [6, 6.07) is 15.1. The molecule has 154 valence electrons. The molecule has 0 saturated heterocycles. The van der Waals surface area contributed by atoms with Crippen molar-refractivity contribution in [2.24, 2.45) is 0 Å². The molecule has 7 nitrogen and oxygen atoms in total. The number of benzene rings is 2. The third kappa shape index (κ3) is 3.51. The molecule has 0 bridgehead atoms. The Hall–Kier alpha value is -3.35. The van der Waals surface area contributed by atoms with Crippen LogP contribution in [0.15, 0.2) is 48.5 Å². The fourth-order valence-corrected chi connectivity index (χ4v) is 4.02. The zero-order valence-electron chi connectivity index (χ0n) is 16.9. The van der Waals surface area contributed by atoms with E-state index in [2.05, 4.69) is 20.1 Å². The van der Waals surface area contributed by atoms with Gasteiger partial charge in [0.25, 0.3) is 5.91 Å². The number of aromatic nitrogens is 3.